The number of benzene rings is 1. The van der Waals surface area contributed by atoms with Crippen molar-refractivity contribution in [2.24, 2.45) is 0 Å². The Bertz CT molecular complexity index is 1050. The number of carbonyl (C=O) groups is 3. The molecule has 3 rings (SSSR count). The lowest BCUT2D eigenvalue weighted by molar-refractivity contribution is -0.123. The molecule has 0 atom stereocenters. The van der Waals surface area contributed by atoms with Gasteiger partial charge < -0.3 is 19.2 Å². The van der Waals surface area contributed by atoms with Crippen LogP contribution in [0.5, 0.6) is 5.75 Å². The highest BCUT2D eigenvalue weighted by Gasteiger charge is 2.34. The summed E-state index contributed by atoms with van der Waals surface area (Å²) in [5, 5.41) is 2.52. The van der Waals surface area contributed by atoms with Crippen molar-refractivity contribution >= 4 is 39.9 Å². The maximum atomic E-state index is 12.7. The van der Waals surface area contributed by atoms with E-state index in [1.807, 2.05) is 0 Å². The van der Waals surface area contributed by atoms with Crippen LogP contribution in [0.25, 0.3) is 6.08 Å². The molecule has 0 aliphatic carbocycles. The van der Waals surface area contributed by atoms with Gasteiger partial charge in [-0.3, -0.25) is 9.69 Å². The molecule has 0 radical (unpaired) electrons. The van der Waals surface area contributed by atoms with Crippen LogP contribution in [0.1, 0.15) is 21.9 Å². The molecule has 1 aromatic carbocycles. The molecule has 9 heteroatoms. The summed E-state index contributed by atoms with van der Waals surface area (Å²) in [5.74, 6) is 1.88. The summed E-state index contributed by atoms with van der Waals surface area (Å²) in [7, 11) is 1.22. The third-order valence-corrected chi connectivity index (χ3v) is 4.40. The zero-order chi connectivity index (χ0) is 21.0. The molecule has 0 bridgehead atoms. The van der Waals surface area contributed by atoms with Gasteiger partial charge in [-0.25, -0.2) is 9.59 Å². The second kappa shape index (κ2) is 8.67. The van der Waals surface area contributed by atoms with E-state index >= 15 is 0 Å². The Morgan fingerprint density at radius 1 is 1.34 bits per heavy atom. The highest BCUT2D eigenvalue weighted by molar-refractivity contribution is 9.10. The van der Waals surface area contributed by atoms with Crippen molar-refractivity contribution in [3.05, 3.63) is 57.6 Å². The first kappa shape index (κ1) is 20.2. The number of terminal acetylenes is 1. The smallest absolute Gasteiger partial charge is 0.373 e. The first-order chi connectivity index (χ1) is 13.9. The quantitative estimate of drug-likeness (QED) is 0.309. The van der Waals surface area contributed by atoms with Gasteiger partial charge in [-0.05, 0) is 36.4 Å². The topological polar surface area (TPSA) is 98.1 Å². The minimum absolute atomic E-state index is 0.0187. The number of hydrogen-bond acceptors (Lipinski definition) is 6. The van der Waals surface area contributed by atoms with Crippen molar-refractivity contribution in [1.82, 2.24) is 10.2 Å². The average molecular weight is 459 g/mol. The van der Waals surface area contributed by atoms with Crippen LogP contribution in [-0.2, 0) is 16.1 Å². The molecule has 1 N–H and O–H groups in total. The Kier molecular flexibility index (Phi) is 6.04. The summed E-state index contributed by atoms with van der Waals surface area (Å²) in [6, 6.07) is 7.49. The summed E-state index contributed by atoms with van der Waals surface area (Å²) in [6.07, 6.45) is 6.72. The maximum absolute atomic E-state index is 12.7. The summed E-state index contributed by atoms with van der Waals surface area (Å²) >= 11 is 3.36. The summed E-state index contributed by atoms with van der Waals surface area (Å²) in [4.78, 5) is 37.4. The number of furan rings is 1. The van der Waals surface area contributed by atoms with Crippen LogP contribution >= 0.6 is 15.9 Å². The number of urea groups is 1. The molecule has 1 fully saturated rings. The molecule has 148 valence electrons. The number of halogens is 1. The third kappa shape index (κ3) is 4.50. The fourth-order valence-electron chi connectivity index (χ4n) is 2.58. The zero-order valence-electron chi connectivity index (χ0n) is 15.2. The van der Waals surface area contributed by atoms with Gasteiger partial charge in [-0.1, -0.05) is 21.9 Å². The fraction of sp³-hybridized carbons (Fsp3) is 0.150. The minimum atomic E-state index is -0.650. The van der Waals surface area contributed by atoms with Gasteiger partial charge in [0.2, 0.25) is 5.76 Å². The van der Waals surface area contributed by atoms with Gasteiger partial charge >= 0.3 is 12.0 Å². The summed E-state index contributed by atoms with van der Waals surface area (Å²) in [6.45, 7) is -0.0802. The number of imide groups is 1. The van der Waals surface area contributed by atoms with Gasteiger partial charge in [-0.15, -0.1) is 6.42 Å². The number of carbonyl (C=O) groups excluding carboxylic acids is 3. The van der Waals surface area contributed by atoms with Gasteiger partial charge in [0, 0.05) is 10.0 Å². The van der Waals surface area contributed by atoms with E-state index in [0.717, 1.165) is 9.37 Å². The van der Waals surface area contributed by atoms with E-state index in [1.165, 1.54) is 25.3 Å². The minimum Gasteiger partial charge on any atom is -0.480 e. The number of nitrogens with zero attached hydrogens (tertiary/aromatic N) is 1. The first-order valence-corrected chi connectivity index (χ1v) is 9.09. The van der Waals surface area contributed by atoms with Crippen molar-refractivity contribution in [2.45, 2.75) is 6.54 Å². The van der Waals surface area contributed by atoms with E-state index in [1.54, 1.807) is 18.2 Å². The average Bonchev–Trinajstić information content (AvgIpc) is 3.27. The predicted molar refractivity (Wildman–Crippen MR) is 106 cm³/mol. The third-order valence-electron chi connectivity index (χ3n) is 3.91. The summed E-state index contributed by atoms with van der Waals surface area (Å²) < 4.78 is 16.1. The van der Waals surface area contributed by atoms with Crippen molar-refractivity contribution in [3.63, 3.8) is 0 Å². The van der Waals surface area contributed by atoms with Crippen molar-refractivity contribution < 1.29 is 28.3 Å². The Morgan fingerprint density at radius 3 is 2.86 bits per heavy atom. The monoisotopic (exact) mass is 458 g/mol. The van der Waals surface area contributed by atoms with Gasteiger partial charge in [0.1, 0.15) is 23.8 Å². The lowest BCUT2D eigenvalue weighted by Gasteiger charge is -2.09. The number of rotatable bonds is 6. The van der Waals surface area contributed by atoms with Crippen LogP contribution in [0.4, 0.5) is 4.79 Å². The van der Waals surface area contributed by atoms with Crippen LogP contribution in [0.15, 0.2) is 44.9 Å². The molecule has 29 heavy (non-hydrogen) atoms. The molecule has 3 amide bonds. The van der Waals surface area contributed by atoms with Crippen molar-refractivity contribution in [3.8, 4) is 18.1 Å². The van der Waals surface area contributed by atoms with Crippen molar-refractivity contribution in [2.75, 3.05) is 13.7 Å². The van der Waals surface area contributed by atoms with Crippen LogP contribution in [0.2, 0.25) is 0 Å². The van der Waals surface area contributed by atoms with Crippen LogP contribution in [0.3, 0.4) is 0 Å². The van der Waals surface area contributed by atoms with Crippen LogP contribution in [-0.4, -0.2) is 36.5 Å². The Labute approximate surface area is 174 Å². The Hall–Kier alpha value is -3.51. The lowest BCUT2D eigenvalue weighted by atomic mass is 10.1. The lowest BCUT2D eigenvalue weighted by Crippen LogP contribution is -2.30. The van der Waals surface area contributed by atoms with Gasteiger partial charge in [0.15, 0.2) is 0 Å². The van der Waals surface area contributed by atoms with Crippen LogP contribution < -0.4 is 10.1 Å². The number of hydrogen-bond donors (Lipinski definition) is 1. The van der Waals surface area contributed by atoms with Gasteiger partial charge in [-0.2, -0.15) is 0 Å². The van der Waals surface area contributed by atoms with Crippen LogP contribution in [0, 0.1) is 12.3 Å². The van der Waals surface area contributed by atoms with E-state index in [9.17, 15) is 14.4 Å². The van der Waals surface area contributed by atoms with E-state index in [2.05, 4.69) is 31.9 Å². The molecule has 0 spiro atoms. The molecule has 8 nitrogen and oxygen atoms in total. The van der Waals surface area contributed by atoms with Gasteiger partial charge in [0.25, 0.3) is 5.91 Å². The Balaban J connectivity index is 1.82. The highest BCUT2D eigenvalue weighted by atomic mass is 79.9. The zero-order valence-corrected chi connectivity index (χ0v) is 16.8. The summed E-state index contributed by atoms with van der Waals surface area (Å²) in [5.41, 5.74) is 0.629. The van der Waals surface area contributed by atoms with Crippen molar-refractivity contribution in [1.29, 1.82) is 0 Å². The standard InChI is InChI=1S/C20H15BrN2O6/c1-3-8-28-16-6-4-13(21)9-12(16)10-15-18(24)23(20(26)22-15)11-14-5-7-17(29-14)19(25)27-2/h1,4-7,9-10H,8,11H2,2H3,(H,22,26). The molecule has 2 heterocycles. The number of nitrogens with one attached hydrogen (secondary N) is 1. The molecular formula is C20H15BrN2O6. The maximum Gasteiger partial charge on any atom is 0.373 e. The number of amides is 3. The first-order valence-electron chi connectivity index (χ1n) is 8.30. The number of methoxy groups -OCH3 is 1. The molecule has 1 aromatic heterocycles. The van der Waals surface area contributed by atoms with Gasteiger partial charge in [0.05, 0.1) is 13.7 Å². The SMILES string of the molecule is C#CCOc1ccc(Br)cc1C=C1NC(=O)N(Cc2ccc(C(=O)OC)o2)C1=O. The number of ether oxygens (including phenoxy) is 2. The number of esters is 1. The second-order valence-electron chi connectivity index (χ2n) is 5.81. The van der Waals surface area contributed by atoms with E-state index < -0.39 is 17.9 Å². The molecule has 0 unspecified atom stereocenters. The second-order valence-corrected chi connectivity index (χ2v) is 6.73. The fourth-order valence-corrected chi connectivity index (χ4v) is 2.96. The highest BCUT2D eigenvalue weighted by Crippen LogP contribution is 2.27. The molecule has 1 saturated heterocycles. The normalized spacial score (nSPS) is 14.7. The molecule has 2 aromatic rings. The van der Waals surface area contributed by atoms with E-state index in [0.29, 0.717) is 11.3 Å². The van der Waals surface area contributed by atoms with E-state index in [4.69, 9.17) is 15.6 Å². The largest absolute Gasteiger partial charge is 0.480 e. The molecular weight excluding hydrogens is 444 g/mol. The molecule has 1 aliphatic heterocycles. The molecule has 1 aliphatic rings. The Morgan fingerprint density at radius 2 is 2.14 bits per heavy atom. The predicted octanol–water partition coefficient (Wildman–Crippen LogP) is 2.93. The molecule has 0 saturated carbocycles. The van der Waals surface area contributed by atoms with E-state index in [-0.39, 0.29) is 30.4 Å².